The fraction of sp³-hybridized carbons (Fsp3) is 0.278. The Morgan fingerprint density at radius 2 is 1.71 bits per heavy atom. The minimum atomic E-state index is 0. The second-order valence-electron chi connectivity index (χ2n) is 5.35. The van der Waals surface area contributed by atoms with Gasteiger partial charge in [0.15, 0.2) is 0 Å². The quantitative estimate of drug-likeness (QED) is 0.448. The molecule has 2 bridgehead atoms. The molecule has 2 nitrogen and oxygen atoms in total. The summed E-state index contributed by atoms with van der Waals surface area (Å²) in [4.78, 5) is 14.0. The molecule has 0 atom stereocenters. The van der Waals surface area contributed by atoms with Gasteiger partial charge in [-0.1, -0.05) is 5.57 Å². The number of carbonyl (C=O) groups excluding carboxylic acids is 1. The number of rotatable bonds is 1. The standard InChI is InChI=1S/C13H14NO.C5H5.Fe/c15-13-12(9-10-3-1-2-4-10)11-5-7-14(13)8-6-11;1-2-4-5-3-1;/h1-4,9,11H,5-8H2;1-5H;/q2*-1;+2. The first-order valence-electron chi connectivity index (χ1n) is 7.24. The third kappa shape index (κ3) is 3.75. The number of hydrogen-bond acceptors (Lipinski definition) is 1. The molecule has 110 valence electrons. The minimum Gasteiger partial charge on any atom is -0.347 e. The van der Waals surface area contributed by atoms with Gasteiger partial charge < -0.3 is 4.90 Å². The molecular formula is C18H19FeNO. The number of nitrogens with zero attached hydrogens (tertiary/aromatic N) is 1. The Morgan fingerprint density at radius 3 is 2.19 bits per heavy atom. The molecule has 2 aromatic rings. The average molecular weight is 321 g/mol. The smallest absolute Gasteiger partial charge is 0.347 e. The molecule has 3 saturated heterocycles. The molecule has 0 aliphatic carbocycles. The molecule has 5 rings (SSSR count). The van der Waals surface area contributed by atoms with Gasteiger partial charge in [0, 0.05) is 13.1 Å². The zero-order valence-electron chi connectivity index (χ0n) is 11.9. The molecule has 2 aromatic carbocycles. The van der Waals surface area contributed by atoms with E-state index in [1.54, 1.807) is 0 Å². The molecule has 3 heteroatoms. The van der Waals surface area contributed by atoms with Crippen LogP contribution in [0.5, 0.6) is 0 Å². The van der Waals surface area contributed by atoms with E-state index in [1.165, 1.54) is 0 Å². The predicted octanol–water partition coefficient (Wildman–Crippen LogP) is 3.44. The van der Waals surface area contributed by atoms with Crippen LogP contribution in [0.1, 0.15) is 18.4 Å². The maximum atomic E-state index is 12.0. The van der Waals surface area contributed by atoms with E-state index in [-0.39, 0.29) is 23.0 Å². The van der Waals surface area contributed by atoms with Crippen molar-refractivity contribution < 1.29 is 21.9 Å². The van der Waals surface area contributed by atoms with Gasteiger partial charge >= 0.3 is 17.1 Å². The van der Waals surface area contributed by atoms with E-state index in [0.717, 1.165) is 37.1 Å². The molecule has 0 radical (unpaired) electrons. The van der Waals surface area contributed by atoms with Crippen molar-refractivity contribution in [3.8, 4) is 0 Å². The van der Waals surface area contributed by atoms with Gasteiger partial charge in [-0.15, -0.1) is 23.8 Å². The molecule has 0 unspecified atom stereocenters. The fourth-order valence-corrected chi connectivity index (χ4v) is 2.92. The Morgan fingerprint density at radius 1 is 1.10 bits per heavy atom. The third-order valence-electron chi connectivity index (χ3n) is 4.04. The van der Waals surface area contributed by atoms with Crippen LogP contribution in [0.3, 0.4) is 0 Å². The molecule has 3 heterocycles. The molecule has 3 fully saturated rings. The molecule has 0 saturated carbocycles. The molecular weight excluding hydrogens is 302 g/mol. The van der Waals surface area contributed by atoms with Crippen molar-refractivity contribution in [3.63, 3.8) is 0 Å². The summed E-state index contributed by atoms with van der Waals surface area (Å²) in [6.45, 7) is 1.92. The van der Waals surface area contributed by atoms with Crippen LogP contribution in [0.15, 0.2) is 60.2 Å². The normalized spacial score (nSPS) is 19.1. The van der Waals surface area contributed by atoms with Gasteiger partial charge in [0.05, 0.1) is 0 Å². The van der Waals surface area contributed by atoms with Gasteiger partial charge in [-0.2, -0.15) is 30.3 Å². The first kappa shape index (κ1) is 15.8. The predicted molar refractivity (Wildman–Crippen MR) is 81.4 cm³/mol. The Kier molecular flexibility index (Phi) is 5.60. The molecule has 0 aromatic heterocycles. The van der Waals surface area contributed by atoms with Crippen LogP contribution in [-0.2, 0) is 21.9 Å². The van der Waals surface area contributed by atoms with Crippen LogP contribution >= 0.6 is 0 Å². The van der Waals surface area contributed by atoms with Crippen molar-refractivity contribution in [1.29, 1.82) is 0 Å². The van der Waals surface area contributed by atoms with E-state index < -0.39 is 0 Å². The van der Waals surface area contributed by atoms with E-state index in [0.29, 0.717) is 5.92 Å². The van der Waals surface area contributed by atoms with Gasteiger partial charge in [-0.3, -0.25) is 4.79 Å². The van der Waals surface area contributed by atoms with Crippen molar-refractivity contribution in [2.45, 2.75) is 12.8 Å². The summed E-state index contributed by atoms with van der Waals surface area (Å²) < 4.78 is 0. The van der Waals surface area contributed by atoms with Crippen LogP contribution in [0.4, 0.5) is 0 Å². The number of fused-ring (bicyclic) bond motifs is 3. The molecule has 0 N–H and O–H groups in total. The summed E-state index contributed by atoms with van der Waals surface area (Å²) >= 11 is 0. The van der Waals surface area contributed by atoms with Crippen molar-refractivity contribution in [2.24, 2.45) is 5.92 Å². The second-order valence-corrected chi connectivity index (χ2v) is 5.35. The van der Waals surface area contributed by atoms with E-state index in [9.17, 15) is 4.79 Å². The Hall–Kier alpha value is -1.57. The average Bonchev–Trinajstić information content (AvgIpc) is 3.19. The largest absolute Gasteiger partial charge is 2.00 e. The van der Waals surface area contributed by atoms with Gasteiger partial charge in [0.2, 0.25) is 5.91 Å². The third-order valence-corrected chi connectivity index (χ3v) is 4.04. The summed E-state index contributed by atoms with van der Waals surface area (Å²) in [7, 11) is 0. The summed E-state index contributed by atoms with van der Waals surface area (Å²) in [6.07, 6.45) is 4.37. The van der Waals surface area contributed by atoms with Crippen LogP contribution < -0.4 is 0 Å². The summed E-state index contributed by atoms with van der Waals surface area (Å²) in [5.74, 6) is 0.774. The Balaban J connectivity index is 0.000000231. The number of carbonyl (C=O) groups is 1. The van der Waals surface area contributed by atoms with Crippen LogP contribution in [0.25, 0.3) is 6.08 Å². The zero-order chi connectivity index (χ0) is 13.8. The molecule has 0 spiro atoms. The molecule has 1 amide bonds. The maximum Gasteiger partial charge on any atom is 2.00 e. The van der Waals surface area contributed by atoms with Gasteiger partial charge in [0.1, 0.15) is 0 Å². The van der Waals surface area contributed by atoms with E-state index in [2.05, 4.69) is 18.2 Å². The Bertz CT molecular complexity index is 543. The van der Waals surface area contributed by atoms with Gasteiger partial charge in [-0.25, -0.2) is 12.1 Å². The summed E-state index contributed by atoms with van der Waals surface area (Å²) in [5, 5.41) is 0. The van der Waals surface area contributed by atoms with Crippen molar-refractivity contribution in [1.82, 2.24) is 4.90 Å². The summed E-state index contributed by atoms with van der Waals surface area (Å²) in [5.41, 5.74) is 2.19. The van der Waals surface area contributed by atoms with Crippen LogP contribution in [0.2, 0.25) is 0 Å². The number of piperidine rings is 3. The van der Waals surface area contributed by atoms with Crippen LogP contribution in [-0.4, -0.2) is 23.9 Å². The zero-order valence-corrected chi connectivity index (χ0v) is 13.0. The monoisotopic (exact) mass is 321 g/mol. The molecule has 21 heavy (non-hydrogen) atoms. The van der Waals surface area contributed by atoms with E-state index >= 15 is 0 Å². The number of hydrogen-bond donors (Lipinski definition) is 0. The van der Waals surface area contributed by atoms with Crippen LogP contribution in [0, 0.1) is 5.92 Å². The van der Waals surface area contributed by atoms with E-state index in [4.69, 9.17) is 0 Å². The molecule has 3 aliphatic heterocycles. The topological polar surface area (TPSA) is 20.3 Å². The number of amides is 1. The van der Waals surface area contributed by atoms with Gasteiger partial charge in [-0.05, 0) is 18.8 Å². The van der Waals surface area contributed by atoms with Crippen molar-refractivity contribution in [3.05, 3.63) is 65.7 Å². The minimum absolute atomic E-state index is 0. The van der Waals surface area contributed by atoms with E-state index in [1.807, 2.05) is 47.4 Å². The molecule has 3 aliphatic rings. The van der Waals surface area contributed by atoms with Crippen molar-refractivity contribution >= 4 is 12.0 Å². The first-order valence-corrected chi connectivity index (χ1v) is 7.24. The second kappa shape index (κ2) is 7.44. The fourth-order valence-electron chi connectivity index (χ4n) is 2.92. The SMILES string of the molecule is O=C1C(=C[c-]2cccc2)C2CCN1CC2.[Fe+2].c1cc[cH-]c1. The van der Waals surface area contributed by atoms with Crippen molar-refractivity contribution in [2.75, 3.05) is 13.1 Å². The van der Waals surface area contributed by atoms with Gasteiger partial charge in [0.25, 0.3) is 0 Å². The first-order chi connectivity index (χ1) is 9.84. The maximum absolute atomic E-state index is 12.0. The summed E-state index contributed by atoms with van der Waals surface area (Å²) in [6, 6.07) is 18.1. The Labute approximate surface area is 136 Å².